The van der Waals surface area contributed by atoms with Crippen LogP contribution in [0.1, 0.15) is 70.2 Å². The number of carbonyl (C=O) groups is 8. The number of imidazole rings is 1. The number of anilines is 1. The zero-order chi connectivity index (χ0) is 53.9. The average molecular weight is 1240 g/mol. The maximum Gasteiger partial charge on any atom is 0.326 e. The fourth-order valence-corrected chi connectivity index (χ4v) is 10.0. The number of carbonyl (C=O) groups excluding carboxylic acids is 7. The highest BCUT2D eigenvalue weighted by atomic mass is 127. The van der Waals surface area contributed by atoms with Crippen LogP contribution in [0.2, 0.25) is 0 Å². The number of likely N-dealkylation sites (N-methyl/N-ethyl adjacent to an activating group) is 1. The Bertz CT molecular complexity index is 2400. The molecule has 1 aliphatic rings. The number of H-pyrrole nitrogens is 1. The number of aliphatic carboxylic acids is 1. The Morgan fingerprint density at radius 2 is 1.37 bits per heavy atom. The maximum atomic E-state index is 14.6. The zero-order valence-corrected chi connectivity index (χ0v) is 45.8. The van der Waals surface area contributed by atoms with Crippen LogP contribution in [0.25, 0.3) is 0 Å². The summed E-state index contributed by atoms with van der Waals surface area (Å²) < 4.78 is 1.39. The SMILES string of the molecule is CNCC(=O)N[C@@H](CCCN=C(N)N)C(=O)N[C@H](C(=O)N[C@@H](Cc1cc(I)c(N)c(I)c1)C(=O)N[C@H](C(=O)N[C@@H](Cc1cnc[nH]1)C(=O)N1CCC[C@H]1C(=O)N[C@@H](Cc1ccccc1)C(=O)O)C(C)C)C(C)C. The Hall–Kier alpha value is -6.10. The van der Waals surface area contributed by atoms with Gasteiger partial charge in [0.25, 0.3) is 0 Å². The molecule has 0 saturated carbocycles. The minimum Gasteiger partial charge on any atom is -0.480 e. The quantitative estimate of drug-likeness (QED) is 0.0155. The number of likely N-dealkylation sites (tertiary alicyclic amines) is 1. The van der Waals surface area contributed by atoms with Gasteiger partial charge in [0.1, 0.15) is 42.3 Å². The van der Waals surface area contributed by atoms with Crippen LogP contribution in [0.4, 0.5) is 5.69 Å². The zero-order valence-electron chi connectivity index (χ0n) is 41.5. The monoisotopic (exact) mass is 1240 g/mol. The molecule has 0 radical (unpaired) electrons. The number of nitrogen functional groups attached to an aromatic ring is 1. The first-order chi connectivity index (χ1) is 34.6. The molecule has 1 saturated heterocycles. The van der Waals surface area contributed by atoms with Crippen LogP contribution in [-0.4, -0.2) is 142 Å². The summed E-state index contributed by atoms with van der Waals surface area (Å²) in [5.41, 5.74) is 19.5. The van der Waals surface area contributed by atoms with Crippen molar-refractivity contribution in [3.05, 3.63) is 78.9 Å². The van der Waals surface area contributed by atoms with Crippen molar-refractivity contribution in [2.24, 2.45) is 28.3 Å². The summed E-state index contributed by atoms with van der Waals surface area (Å²) in [5.74, 6) is -7.07. The van der Waals surface area contributed by atoms with Crippen LogP contribution < -0.4 is 54.4 Å². The third kappa shape index (κ3) is 18.4. The lowest BCUT2D eigenvalue weighted by molar-refractivity contribution is -0.145. The second kappa shape index (κ2) is 29.0. The van der Waals surface area contributed by atoms with Crippen LogP contribution >= 0.6 is 45.2 Å². The molecule has 7 atom stereocenters. The van der Waals surface area contributed by atoms with Crippen molar-refractivity contribution in [2.75, 3.05) is 32.4 Å². The molecule has 15 N–H and O–H groups in total. The van der Waals surface area contributed by atoms with Gasteiger partial charge in [0.2, 0.25) is 41.4 Å². The summed E-state index contributed by atoms with van der Waals surface area (Å²) in [7, 11) is 1.57. The molecular weight excluding hydrogens is 1170 g/mol. The average Bonchev–Trinajstić information content (AvgIpc) is 4.05. The number of hydrogen-bond donors (Lipinski definition) is 12. The number of aromatic nitrogens is 2. The first-order valence-electron chi connectivity index (χ1n) is 23.9. The molecule has 1 fully saturated rings. The molecular formula is C48H68I2N14O9. The molecule has 1 aromatic heterocycles. The van der Waals surface area contributed by atoms with E-state index < -0.39 is 101 Å². The Labute approximate surface area is 451 Å². The standard InChI is InChI=1S/C48H68I2N14O9/c1-25(2)39(62-41(66)32(58-37(65)23-54-5)13-9-15-56-48(52)53)44(69)59-33(20-28-17-30(49)38(51)31(50)18-28)42(67)63-40(26(3)4)45(70)60-34(21-29-22-55-24-57-29)46(71)64-16-10-14-36(64)43(68)61-35(47(72)73)19-27-11-7-6-8-12-27/h6-8,11-12,17-18,22,24-26,32-36,39-40,54H,9-10,13-16,19-21,23,51H2,1-5H3,(H,55,57)(H,58,65)(H,59,69)(H,60,70)(H,61,68)(H,62,66)(H,63,67)(H,72,73)(H4,52,53,56)/t32-,33-,34-,35-,36-,39-,40-/m0/s1. The lowest BCUT2D eigenvalue weighted by Gasteiger charge is -2.31. The van der Waals surface area contributed by atoms with Crippen molar-refractivity contribution in [2.45, 2.75) is 115 Å². The van der Waals surface area contributed by atoms with E-state index in [1.54, 1.807) is 77.2 Å². The number of nitrogens with one attached hydrogen (secondary N) is 8. The molecule has 23 nitrogen and oxygen atoms in total. The lowest BCUT2D eigenvalue weighted by atomic mass is 9.98. The van der Waals surface area contributed by atoms with Crippen molar-refractivity contribution in [3.8, 4) is 0 Å². The van der Waals surface area contributed by atoms with Gasteiger partial charge in [-0.2, -0.15) is 0 Å². The highest BCUT2D eigenvalue weighted by Crippen LogP contribution is 2.25. The van der Waals surface area contributed by atoms with E-state index in [9.17, 15) is 43.5 Å². The molecule has 0 aliphatic carbocycles. The topological polar surface area (TPSA) is 363 Å². The van der Waals surface area contributed by atoms with Crippen molar-refractivity contribution in [1.29, 1.82) is 0 Å². The van der Waals surface area contributed by atoms with Gasteiger partial charge in [-0.25, -0.2) is 9.78 Å². The van der Waals surface area contributed by atoms with Gasteiger partial charge < -0.3 is 69.4 Å². The predicted octanol–water partition coefficient (Wildman–Crippen LogP) is -0.202. The molecule has 25 heteroatoms. The van der Waals surface area contributed by atoms with Gasteiger partial charge in [-0.15, -0.1) is 0 Å². The molecule has 1 aliphatic heterocycles. The molecule has 73 heavy (non-hydrogen) atoms. The maximum absolute atomic E-state index is 14.6. The van der Waals surface area contributed by atoms with Gasteiger partial charge in [0.15, 0.2) is 5.96 Å². The molecule has 2 heterocycles. The van der Waals surface area contributed by atoms with Gasteiger partial charge >= 0.3 is 5.97 Å². The number of halogens is 2. The van der Waals surface area contributed by atoms with E-state index >= 15 is 0 Å². The number of carboxylic acid groups (broad SMARTS) is 1. The van der Waals surface area contributed by atoms with Crippen molar-refractivity contribution >= 4 is 104 Å². The number of hydrogen-bond acceptors (Lipinski definition) is 12. The molecule has 4 rings (SSSR count). The van der Waals surface area contributed by atoms with Crippen molar-refractivity contribution < 1.29 is 43.5 Å². The molecule has 0 bridgehead atoms. The van der Waals surface area contributed by atoms with Gasteiger partial charge in [-0.05, 0) is 113 Å². The van der Waals surface area contributed by atoms with Crippen LogP contribution in [0.5, 0.6) is 0 Å². The van der Waals surface area contributed by atoms with Crippen LogP contribution in [0.3, 0.4) is 0 Å². The first kappa shape index (κ1) is 59.5. The van der Waals surface area contributed by atoms with Crippen LogP contribution in [0, 0.1) is 19.0 Å². The summed E-state index contributed by atoms with van der Waals surface area (Å²) >= 11 is 4.14. The lowest BCUT2D eigenvalue weighted by Crippen LogP contribution is -2.61. The number of guanidine groups is 1. The molecule has 7 amide bonds. The molecule has 0 spiro atoms. The molecule has 0 unspecified atom stereocenters. The highest BCUT2D eigenvalue weighted by Gasteiger charge is 2.41. The summed E-state index contributed by atoms with van der Waals surface area (Å²) in [6.07, 6.45) is 3.90. The Kier molecular flexibility index (Phi) is 23.6. The Morgan fingerprint density at radius 1 is 0.781 bits per heavy atom. The van der Waals surface area contributed by atoms with Gasteiger partial charge in [0, 0.05) is 51.4 Å². The minimum absolute atomic E-state index is 0.0177. The van der Waals surface area contributed by atoms with E-state index in [-0.39, 0.29) is 57.7 Å². The third-order valence-corrected chi connectivity index (χ3v) is 13.8. The first-order valence-corrected chi connectivity index (χ1v) is 26.0. The van der Waals surface area contributed by atoms with E-state index in [0.717, 1.165) is 0 Å². The molecule has 398 valence electrons. The number of nitrogens with two attached hydrogens (primary N) is 3. The fraction of sp³-hybridized carbons (Fsp3) is 0.500. The second-order valence-electron chi connectivity index (χ2n) is 18.4. The minimum atomic E-state index is -1.33. The number of aromatic amines is 1. The highest BCUT2D eigenvalue weighted by molar-refractivity contribution is 14.1. The van der Waals surface area contributed by atoms with Crippen LogP contribution in [0.15, 0.2) is 60.0 Å². The molecule has 3 aromatic rings. The largest absolute Gasteiger partial charge is 0.480 e. The summed E-state index contributed by atoms with van der Waals surface area (Å²) in [4.78, 5) is 123. The number of benzene rings is 2. The van der Waals surface area contributed by atoms with Gasteiger partial charge in [0.05, 0.1) is 18.6 Å². The normalized spacial score (nSPS) is 15.7. The van der Waals surface area contributed by atoms with E-state index in [0.29, 0.717) is 42.5 Å². The van der Waals surface area contributed by atoms with E-state index in [4.69, 9.17) is 17.2 Å². The Morgan fingerprint density at radius 3 is 1.92 bits per heavy atom. The fourth-order valence-electron chi connectivity index (χ4n) is 8.12. The number of amides is 7. The summed E-state index contributed by atoms with van der Waals surface area (Å²) in [6, 6.07) is 3.89. The van der Waals surface area contributed by atoms with E-state index in [1.807, 2.05) is 0 Å². The smallest absolute Gasteiger partial charge is 0.326 e. The van der Waals surface area contributed by atoms with Gasteiger partial charge in [-0.3, -0.25) is 38.6 Å². The Balaban J connectivity index is 1.59. The number of rotatable bonds is 27. The van der Waals surface area contributed by atoms with Crippen molar-refractivity contribution in [3.63, 3.8) is 0 Å². The van der Waals surface area contributed by atoms with Gasteiger partial charge in [-0.1, -0.05) is 58.0 Å². The van der Waals surface area contributed by atoms with Crippen LogP contribution in [-0.2, 0) is 57.6 Å². The van der Waals surface area contributed by atoms with Crippen molar-refractivity contribution in [1.82, 2.24) is 52.1 Å². The number of aliphatic imine (C=N–C) groups is 1. The summed E-state index contributed by atoms with van der Waals surface area (Å²) in [6.45, 7) is 7.05. The number of nitrogens with zero attached hydrogens (tertiary/aromatic N) is 3. The predicted molar refractivity (Wildman–Crippen MR) is 290 cm³/mol. The molecule has 2 aromatic carbocycles. The summed E-state index contributed by atoms with van der Waals surface area (Å²) in [5, 5.41) is 29.2. The van der Waals surface area contributed by atoms with E-state index in [2.05, 4.69) is 97.4 Å². The third-order valence-electron chi connectivity index (χ3n) is 12.0. The second-order valence-corrected chi connectivity index (χ2v) is 20.7. The van der Waals surface area contributed by atoms with E-state index in [1.165, 1.54) is 17.4 Å². The number of carboxylic acids is 1.